The molecule has 0 bridgehead atoms. The number of fused-ring (bicyclic) bond motifs is 1. The average molecular weight is 390 g/mol. The average Bonchev–Trinajstić information content (AvgIpc) is 3.14. The Morgan fingerprint density at radius 1 is 1.21 bits per heavy atom. The van der Waals surface area contributed by atoms with Gasteiger partial charge in [0.25, 0.3) is 5.91 Å². The number of aliphatic hydroxyl groups excluding tert-OH is 1. The third kappa shape index (κ3) is 3.88. The number of pyridine rings is 1. The molecule has 4 rings (SSSR count). The van der Waals surface area contributed by atoms with Crippen molar-refractivity contribution in [3.63, 3.8) is 0 Å². The van der Waals surface area contributed by atoms with Gasteiger partial charge in [0.05, 0.1) is 5.57 Å². The predicted molar refractivity (Wildman–Crippen MR) is 109 cm³/mol. The van der Waals surface area contributed by atoms with Crippen LogP contribution in [0.4, 0.5) is 11.6 Å². The zero-order chi connectivity index (χ0) is 20.2. The highest BCUT2D eigenvalue weighted by atomic mass is 16.3. The van der Waals surface area contributed by atoms with E-state index in [0.29, 0.717) is 35.9 Å². The lowest BCUT2D eigenvalue weighted by atomic mass is 9.96. The molecule has 3 N–H and O–H groups in total. The Balaban J connectivity index is 1.74. The number of rotatable bonds is 6. The summed E-state index contributed by atoms with van der Waals surface area (Å²) in [5.41, 5.74) is 2.89. The number of amides is 1. The molecule has 8 nitrogen and oxygen atoms in total. The number of benzene rings is 1. The molecule has 1 unspecified atom stereocenters. The van der Waals surface area contributed by atoms with Crippen molar-refractivity contribution >= 4 is 17.5 Å². The molecule has 0 saturated heterocycles. The summed E-state index contributed by atoms with van der Waals surface area (Å²) >= 11 is 0. The van der Waals surface area contributed by atoms with Crippen molar-refractivity contribution in [2.24, 2.45) is 0 Å². The highest BCUT2D eigenvalue weighted by Crippen LogP contribution is 2.35. The number of anilines is 2. The number of para-hydroxylation sites is 1. The second kappa shape index (κ2) is 8.24. The summed E-state index contributed by atoms with van der Waals surface area (Å²) < 4.78 is 1.73. The molecule has 1 amide bonds. The number of aromatic nitrogens is 4. The van der Waals surface area contributed by atoms with Gasteiger partial charge in [0, 0.05) is 36.8 Å². The van der Waals surface area contributed by atoms with Gasteiger partial charge in [0.15, 0.2) is 5.82 Å². The molecule has 0 aliphatic carbocycles. The van der Waals surface area contributed by atoms with Gasteiger partial charge in [0.2, 0.25) is 5.95 Å². The molecule has 0 radical (unpaired) electrons. The molecule has 3 heterocycles. The van der Waals surface area contributed by atoms with Crippen molar-refractivity contribution in [2.75, 3.05) is 17.2 Å². The zero-order valence-electron chi connectivity index (χ0n) is 16.0. The fourth-order valence-corrected chi connectivity index (χ4v) is 3.41. The normalized spacial score (nSPS) is 15.6. The molecular weight excluding hydrogens is 368 g/mol. The van der Waals surface area contributed by atoms with Gasteiger partial charge in [-0.2, -0.15) is 10.1 Å². The van der Waals surface area contributed by atoms with Crippen molar-refractivity contribution in [3.8, 4) is 0 Å². The van der Waals surface area contributed by atoms with E-state index < -0.39 is 6.04 Å². The summed E-state index contributed by atoms with van der Waals surface area (Å²) in [5, 5.41) is 19.9. The van der Waals surface area contributed by atoms with Crippen LogP contribution in [0.5, 0.6) is 0 Å². The minimum atomic E-state index is -0.437. The van der Waals surface area contributed by atoms with E-state index in [1.165, 1.54) is 0 Å². The minimum Gasteiger partial charge on any atom is -0.396 e. The number of hydrogen-bond donors (Lipinski definition) is 3. The quantitative estimate of drug-likeness (QED) is 0.597. The Hall–Kier alpha value is -3.52. The summed E-state index contributed by atoms with van der Waals surface area (Å²) in [6.07, 6.45) is 4.54. The summed E-state index contributed by atoms with van der Waals surface area (Å²) in [6, 6.07) is 12.7. The Morgan fingerprint density at radius 2 is 1.97 bits per heavy atom. The predicted octanol–water partition coefficient (Wildman–Crippen LogP) is 2.53. The Kier molecular flexibility index (Phi) is 5.35. The van der Waals surface area contributed by atoms with Crippen LogP contribution in [-0.4, -0.2) is 37.4 Å². The van der Waals surface area contributed by atoms with Gasteiger partial charge in [-0.05, 0) is 43.2 Å². The number of aryl methyl sites for hydroxylation is 1. The third-order valence-electron chi connectivity index (χ3n) is 4.75. The molecule has 2 aromatic heterocycles. The molecule has 148 valence electrons. The maximum absolute atomic E-state index is 13.2. The van der Waals surface area contributed by atoms with Crippen LogP contribution in [0.15, 0.2) is 66.1 Å². The van der Waals surface area contributed by atoms with Gasteiger partial charge < -0.3 is 15.7 Å². The number of nitrogens with zero attached hydrogens (tertiary/aromatic N) is 4. The van der Waals surface area contributed by atoms with E-state index in [2.05, 4.69) is 25.7 Å². The second-order valence-electron chi connectivity index (χ2n) is 6.79. The van der Waals surface area contributed by atoms with Crippen LogP contribution in [0.1, 0.15) is 30.8 Å². The van der Waals surface area contributed by atoms with Crippen molar-refractivity contribution in [1.29, 1.82) is 0 Å². The van der Waals surface area contributed by atoms with Crippen molar-refractivity contribution < 1.29 is 9.90 Å². The summed E-state index contributed by atoms with van der Waals surface area (Å²) in [5.74, 6) is 0.993. The number of carbonyl (C=O) groups is 1. The molecule has 1 aliphatic rings. The van der Waals surface area contributed by atoms with Crippen LogP contribution in [0.2, 0.25) is 0 Å². The molecule has 3 aromatic rings. The first-order chi connectivity index (χ1) is 14.2. The van der Waals surface area contributed by atoms with E-state index in [9.17, 15) is 4.79 Å². The maximum atomic E-state index is 13.2. The topological polar surface area (TPSA) is 105 Å². The standard InChI is InChI=1S/C21H22N6O2/c1-14-18(20(29)24-16-6-3-2-4-7-16)19(15-9-11-22-12-10-15)27-21(23-14)25-17(26-27)8-5-13-28/h2-4,6-7,9-12,19,28H,5,8,13H2,1H3,(H,24,29)(H,23,25,26). The third-order valence-corrected chi connectivity index (χ3v) is 4.75. The van der Waals surface area contributed by atoms with Gasteiger partial charge in [-0.25, -0.2) is 4.68 Å². The highest BCUT2D eigenvalue weighted by molar-refractivity contribution is 6.06. The second-order valence-corrected chi connectivity index (χ2v) is 6.79. The van der Waals surface area contributed by atoms with E-state index in [4.69, 9.17) is 5.11 Å². The first-order valence-corrected chi connectivity index (χ1v) is 9.47. The van der Waals surface area contributed by atoms with Crippen molar-refractivity contribution in [2.45, 2.75) is 25.8 Å². The van der Waals surface area contributed by atoms with Gasteiger partial charge >= 0.3 is 0 Å². The van der Waals surface area contributed by atoms with Crippen LogP contribution in [0.3, 0.4) is 0 Å². The minimum absolute atomic E-state index is 0.0765. The summed E-state index contributed by atoms with van der Waals surface area (Å²) in [6.45, 7) is 1.94. The van der Waals surface area contributed by atoms with Crippen LogP contribution < -0.4 is 10.6 Å². The van der Waals surface area contributed by atoms with Crippen molar-refractivity contribution in [3.05, 3.63) is 77.5 Å². The fraction of sp³-hybridized carbons (Fsp3) is 0.238. The van der Waals surface area contributed by atoms with Crippen LogP contribution in [-0.2, 0) is 11.2 Å². The van der Waals surface area contributed by atoms with E-state index in [-0.39, 0.29) is 12.5 Å². The van der Waals surface area contributed by atoms with E-state index >= 15 is 0 Å². The molecule has 0 fully saturated rings. The highest BCUT2D eigenvalue weighted by Gasteiger charge is 2.34. The van der Waals surface area contributed by atoms with Gasteiger partial charge in [0.1, 0.15) is 6.04 Å². The Bertz CT molecular complexity index is 1030. The summed E-state index contributed by atoms with van der Waals surface area (Å²) in [4.78, 5) is 21.9. The smallest absolute Gasteiger partial charge is 0.255 e. The van der Waals surface area contributed by atoms with Gasteiger partial charge in [-0.3, -0.25) is 9.78 Å². The number of hydrogen-bond acceptors (Lipinski definition) is 6. The van der Waals surface area contributed by atoms with Crippen molar-refractivity contribution in [1.82, 2.24) is 19.7 Å². The lowest BCUT2D eigenvalue weighted by Gasteiger charge is -2.28. The number of aliphatic hydroxyl groups is 1. The van der Waals surface area contributed by atoms with Crippen LogP contribution in [0.25, 0.3) is 0 Å². The SMILES string of the molecule is CC1=C(C(=O)Nc2ccccc2)C(c2ccncc2)n2nc(CCCO)nc2N1. The van der Waals surface area contributed by atoms with Crippen LogP contribution in [0, 0.1) is 0 Å². The fourth-order valence-electron chi connectivity index (χ4n) is 3.41. The number of allylic oxidation sites excluding steroid dienone is 1. The Labute approximate surface area is 168 Å². The monoisotopic (exact) mass is 390 g/mol. The van der Waals surface area contributed by atoms with E-state index in [1.807, 2.05) is 49.4 Å². The lowest BCUT2D eigenvalue weighted by Crippen LogP contribution is -2.31. The molecule has 8 heteroatoms. The first kappa shape index (κ1) is 18.8. The Morgan fingerprint density at radius 3 is 2.69 bits per heavy atom. The molecule has 1 atom stereocenters. The first-order valence-electron chi connectivity index (χ1n) is 9.47. The zero-order valence-corrected chi connectivity index (χ0v) is 16.0. The number of nitrogens with one attached hydrogen (secondary N) is 2. The molecular formula is C21H22N6O2. The lowest BCUT2D eigenvalue weighted by molar-refractivity contribution is -0.113. The molecule has 1 aliphatic heterocycles. The molecule has 0 saturated carbocycles. The summed E-state index contributed by atoms with van der Waals surface area (Å²) in [7, 11) is 0. The molecule has 0 spiro atoms. The van der Waals surface area contributed by atoms with E-state index in [0.717, 1.165) is 11.3 Å². The largest absolute Gasteiger partial charge is 0.396 e. The van der Waals surface area contributed by atoms with E-state index in [1.54, 1.807) is 17.1 Å². The maximum Gasteiger partial charge on any atom is 0.255 e. The van der Waals surface area contributed by atoms with Gasteiger partial charge in [-0.15, -0.1) is 0 Å². The number of carbonyl (C=O) groups excluding carboxylic acids is 1. The van der Waals surface area contributed by atoms with Crippen LogP contribution >= 0.6 is 0 Å². The van der Waals surface area contributed by atoms with Gasteiger partial charge in [-0.1, -0.05) is 18.2 Å². The molecule has 29 heavy (non-hydrogen) atoms. The molecule has 1 aromatic carbocycles.